The van der Waals surface area contributed by atoms with Crippen molar-refractivity contribution in [3.8, 4) is 11.8 Å². The van der Waals surface area contributed by atoms with Gasteiger partial charge in [-0.05, 0) is 47.9 Å². The minimum atomic E-state index is -0.378. The van der Waals surface area contributed by atoms with Crippen LogP contribution in [-0.4, -0.2) is 16.5 Å². The third kappa shape index (κ3) is 3.83. The lowest BCUT2D eigenvalue weighted by Crippen LogP contribution is -2.02. The van der Waals surface area contributed by atoms with E-state index in [1.54, 1.807) is 20.1 Å². The first-order chi connectivity index (χ1) is 16.5. The van der Waals surface area contributed by atoms with Crippen LogP contribution in [0.15, 0.2) is 60.3 Å². The topological polar surface area (TPSA) is 59.6 Å². The van der Waals surface area contributed by atoms with Gasteiger partial charge in [0, 0.05) is 42.5 Å². The number of benzene rings is 2. The number of hydrogen-bond donors (Lipinski definition) is 0. The number of allylic oxidation sites excluding steroid dienone is 1. The second-order valence-electron chi connectivity index (χ2n) is 8.20. The molecule has 7 heteroatoms. The first-order valence-electron chi connectivity index (χ1n) is 10.8. The molecule has 0 saturated heterocycles. The molecule has 0 aliphatic carbocycles. The molecule has 34 heavy (non-hydrogen) atoms. The molecule has 0 radical (unpaired) electrons. The van der Waals surface area contributed by atoms with Crippen LogP contribution in [0.5, 0.6) is 5.75 Å². The first kappa shape index (κ1) is 22.1. The number of rotatable bonds is 4. The van der Waals surface area contributed by atoms with Crippen LogP contribution in [0.2, 0.25) is 5.02 Å². The van der Waals surface area contributed by atoms with Gasteiger partial charge in [0.15, 0.2) is 5.65 Å². The average Bonchev–Trinajstić information content (AvgIpc) is 3.09. The Morgan fingerprint density at radius 3 is 2.85 bits per heavy atom. The summed E-state index contributed by atoms with van der Waals surface area (Å²) in [7, 11) is 1.64. The normalized spacial score (nSPS) is 14.1. The van der Waals surface area contributed by atoms with Gasteiger partial charge in [0.05, 0.1) is 29.1 Å². The minimum absolute atomic E-state index is 0.270. The van der Waals surface area contributed by atoms with Crippen molar-refractivity contribution < 1.29 is 13.9 Å². The molecule has 2 aromatic carbocycles. The molecule has 0 saturated carbocycles. The maximum absolute atomic E-state index is 13.9. The third-order valence-corrected chi connectivity index (χ3v) is 6.31. The van der Waals surface area contributed by atoms with E-state index in [4.69, 9.17) is 21.1 Å². The van der Waals surface area contributed by atoms with E-state index in [9.17, 15) is 9.65 Å². The van der Waals surface area contributed by atoms with E-state index in [0.29, 0.717) is 40.6 Å². The molecule has 5 nitrogen and oxygen atoms in total. The molecular formula is C27H21ClFN3O2. The van der Waals surface area contributed by atoms with Crippen molar-refractivity contribution in [2.75, 3.05) is 7.11 Å². The van der Waals surface area contributed by atoms with Gasteiger partial charge >= 0.3 is 0 Å². The van der Waals surface area contributed by atoms with Crippen LogP contribution in [0.3, 0.4) is 0 Å². The Bertz CT molecular complexity index is 1500. The first-order valence-corrected chi connectivity index (χ1v) is 11.2. The molecule has 1 aliphatic rings. The van der Waals surface area contributed by atoms with Crippen molar-refractivity contribution in [3.05, 3.63) is 105 Å². The highest BCUT2D eigenvalue weighted by Crippen LogP contribution is 2.39. The summed E-state index contributed by atoms with van der Waals surface area (Å²) in [6.07, 6.45) is 2.54. The lowest BCUT2D eigenvalue weighted by molar-refractivity contribution is 0.181. The van der Waals surface area contributed by atoms with Crippen molar-refractivity contribution >= 4 is 22.8 Å². The third-order valence-electron chi connectivity index (χ3n) is 6.01. The van der Waals surface area contributed by atoms with E-state index >= 15 is 0 Å². The van der Waals surface area contributed by atoms with E-state index in [1.165, 1.54) is 12.1 Å². The maximum Gasteiger partial charge on any atom is 0.156 e. The summed E-state index contributed by atoms with van der Waals surface area (Å²) in [5.41, 5.74) is 7.42. The quantitative estimate of drug-likeness (QED) is 0.336. The van der Waals surface area contributed by atoms with Crippen LogP contribution in [0.1, 0.15) is 40.6 Å². The Kier molecular flexibility index (Phi) is 5.82. The summed E-state index contributed by atoms with van der Waals surface area (Å²) in [4.78, 5) is 4.68. The van der Waals surface area contributed by atoms with Crippen molar-refractivity contribution in [2.24, 2.45) is 0 Å². The van der Waals surface area contributed by atoms with Crippen LogP contribution in [-0.2, 0) is 24.4 Å². The number of pyridine rings is 1. The number of imidazole rings is 1. The van der Waals surface area contributed by atoms with E-state index < -0.39 is 0 Å². The summed E-state index contributed by atoms with van der Waals surface area (Å²) >= 11 is 6.37. The number of hydrogen-bond acceptors (Lipinski definition) is 4. The fraction of sp³-hybridized carbons (Fsp3) is 0.185. The van der Waals surface area contributed by atoms with Crippen molar-refractivity contribution in [1.82, 2.24) is 9.38 Å². The molecule has 1 aliphatic heterocycles. The van der Waals surface area contributed by atoms with Crippen molar-refractivity contribution in [2.45, 2.75) is 26.6 Å². The summed E-state index contributed by atoms with van der Waals surface area (Å²) in [6, 6.07) is 16.5. The van der Waals surface area contributed by atoms with Crippen LogP contribution in [0.4, 0.5) is 4.39 Å². The smallest absolute Gasteiger partial charge is 0.156 e. The van der Waals surface area contributed by atoms with Crippen molar-refractivity contribution in [3.63, 3.8) is 0 Å². The largest absolute Gasteiger partial charge is 0.488 e. The van der Waals surface area contributed by atoms with Crippen molar-refractivity contribution in [1.29, 1.82) is 5.26 Å². The zero-order valence-electron chi connectivity index (χ0n) is 18.7. The summed E-state index contributed by atoms with van der Waals surface area (Å²) in [5.74, 6) is 0.0532. The number of fused-ring (bicyclic) bond motifs is 3. The number of aromatic nitrogens is 2. The number of ether oxygens (including phenoxy) is 2. The predicted octanol–water partition coefficient (Wildman–Crippen LogP) is 6.10. The highest BCUT2D eigenvalue weighted by molar-refractivity contribution is 6.33. The van der Waals surface area contributed by atoms with Crippen LogP contribution >= 0.6 is 11.6 Å². The monoisotopic (exact) mass is 473 g/mol. The van der Waals surface area contributed by atoms with E-state index in [-0.39, 0.29) is 12.4 Å². The zero-order chi connectivity index (χ0) is 23.8. The minimum Gasteiger partial charge on any atom is -0.488 e. The fourth-order valence-electron chi connectivity index (χ4n) is 4.47. The molecule has 3 heterocycles. The van der Waals surface area contributed by atoms with Gasteiger partial charge in [-0.15, -0.1) is 0 Å². The Hall–Kier alpha value is -3.66. The Morgan fingerprint density at radius 2 is 2.06 bits per heavy atom. The highest BCUT2D eigenvalue weighted by Gasteiger charge is 2.23. The van der Waals surface area contributed by atoms with Crippen LogP contribution in [0, 0.1) is 17.1 Å². The molecule has 0 N–H and O–H groups in total. The molecular weight excluding hydrogens is 453 g/mol. The zero-order valence-corrected chi connectivity index (χ0v) is 19.5. The van der Waals surface area contributed by atoms with Gasteiger partial charge in [0.2, 0.25) is 0 Å². The van der Waals surface area contributed by atoms with Gasteiger partial charge in [0.1, 0.15) is 18.2 Å². The van der Waals surface area contributed by atoms with Gasteiger partial charge in [0.25, 0.3) is 0 Å². The summed E-state index contributed by atoms with van der Waals surface area (Å²) in [6.45, 7) is 2.41. The molecule has 0 atom stereocenters. The maximum atomic E-state index is 13.9. The van der Waals surface area contributed by atoms with Crippen LogP contribution < -0.4 is 4.74 Å². The highest BCUT2D eigenvalue weighted by atomic mass is 35.5. The summed E-state index contributed by atoms with van der Waals surface area (Å²) in [5, 5.41) is 10.2. The molecule has 5 rings (SSSR count). The van der Waals surface area contributed by atoms with Gasteiger partial charge < -0.3 is 13.9 Å². The lowest BCUT2D eigenvalue weighted by atomic mass is 9.89. The number of methoxy groups -OCH3 is 1. The molecule has 0 unspecified atom stereocenters. The van der Waals surface area contributed by atoms with E-state index in [0.717, 1.165) is 33.7 Å². The van der Waals surface area contributed by atoms with E-state index in [2.05, 4.69) is 17.1 Å². The van der Waals surface area contributed by atoms with Gasteiger partial charge in [-0.2, -0.15) is 5.26 Å². The average molecular weight is 474 g/mol. The van der Waals surface area contributed by atoms with Crippen LogP contribution in [0.25, 0.3) is 11.2 Å². The van der Waals surface area contributed by atoms with Gasteiger partial charge in [-0.3, -0.25) is 0 Å². The second-order valence-corrected chi connectivity index (χ2v) is 8.60. The molecule has 0 bridgehead atoms. The molecule has 2 aromatic heterocycles. The second kappa shape index (κ2) is 8.94. The Labute approximate surface area is 201 Å². The molecule has 0 fully saturated rings. The Morgan fingerprint density at radius 1 is 1.24 bits per heavy atom. The summed E-state index contributed by atoms with van der Waals surface area (Å²) < 4.78 is 27.3. The molecule has 170 valence electrons. The predicted molar refractivity (Wildman–Crippen MR) is 128 cm³/mol. The molecule has 0 spiro atoms. The van der Waals surface area contributed by atoms with Gasteiger partial charge in [-0.25, -0.2) is 9.37 Å². The number of halogens is 2. The molecule has 4 aromatic rings. The lowest BCUT2D eigenvalue weighted by Gasteiger charge is -2.13. The number of nitrogens with zero attached hydrogens (tertiary/aromatic N) is 3. The molecule has 0 amide bonds. The standard InChI is InChI=1S/C27H21ClFN3O2/c1-16(13-30)26-20-7-5-17(10-18(20)14-34-25-12-19(29)6-8-21(25)26)11-24-23(15-33-2)31-27-22(28)4-3-9-32(24)27/h3-10,12H,11,14-15H2,1-2H3/b26-16+. The Balaban J connectivity index is 1.61. The number of nitriles is 1. The SMILES string of the molecule is COCc1nc2c(Cl)cccn2c1Cc1ccc2c(c1)COc1cc(F)ccc1/C2=C(\C)C#N. The van der Waals surface area contributed by atoms with E-state index in [1.807, 2.05) is 34.9 Å². The fourth-order valence-corrected chi connectivity index (χ4v) is 4.67. The van der Waals surface area contributed by atoms with Gasteiger partial charge in [-0.1, -0.05) is 29.8 Å².